The van der Waals surface area contributed by atoms with Gasteiger partial charge in [-0.2, -0.15) is 0 Å². The second-order valence-electron chi connectivity index (χ2n) is 6.38. The van der Waals surface area contributed by atoms with E-state index in [9.17, 15) is 9.90 Å². The highest BCUT2D eigenvalue weighted by molar-refractivity contribution is 5.89. The Morgan fingerprint density at radius 2 is 2.16 bits per heavy atom. The highest BCUT2D eigenvalue weighted by Gasteiger charge is 2.41. The number of hydrogen-bond acceptors (Lipinski definition) is 6. The van der Waals surface area contributed by atoms with Crippen LogP contribution in [0.4, 0.5) is 0 Å². The summed E-state index contributed by atoms with van der Waals surface area (Å²) in [5.41, 5.74) is 8.22. The van der Waals surface area contributed by atoms with Crippen molar-refractivity contribution in [1.29, 1.82) is 0 Å². The fourth-order valence-electron chi connectivity index (χ4n) is 3.24. The molecule has 4 N–H and O–H groups in total. The fraction of sp³-hybridized carbons (Fsp3) is 0.500. The molecule has 0 spiro atoms. The lowest BCUT2D eigenvalue weighted by Crippen LogP contribution is -2.44. The Hall–Kier alpha value is -2.25. The van der Waals surface area contributed by atoms with Crippen LogP contribution in [0.2, 0.25) is 0 Å². The zero-order valence-electron chi connectivity index (χ0n) is 14.3. The smallest absolute Gasteiger partial charge is 0.256 e. The number of carbonyl (C=O) groups is 1. The normalized spacial score (nSPS) is 23.2. The van der Waals surface area contributed by atoms with Crippen LogP contribution in [0.1, 0.15) is 37.7 Å². The van der Waals surface area contributed by atoms with Crippen molar-refractivity contribution >= 4 is 11.6 Å². The molecule has 1 atom stereocenters. The van der Waals surface area contributed by atoms with Crippen molar-refractivity contribution in [3.63, 3.8) is 0 Å². The van der Waals surface area contributed by atoms with Gasteiger partial charge in [-0.25, -0.2) is 0 Å². The maximum atomic E-state index is 11.7. The van der Waals surface area contributed by atoms with Gasteiger partial charge in [-0.05, 0) is 50.0 Å². The van der Waals surface area contributed by atoms with Crippen molar-refractivity contribution in [2.45, 2.75) is 43.8 Å². The molecule has 7 nitrogen and oxygen atoms in total. The Bertz CT molecular complexity index is 669. The van der Waals surface area contributed by atoms with Gasteiger partial charge in [-0.3, -0.25) is 15.1 Å². The first-order valence-corrected chi connectivity index (χ1v) is 8.50. The first-order valence-electron chi connectivity index (χ1n) is 8.50. The summed E-state index contributed by atoms with van der Waals surface area (Å²) < 4.78 is 11.5. The molecule has 1 aliphatic carbocycles. The topological polar surface area (TPSA) is 103 Å². The molecule has 1 aromatic carbocycles. The summed E-state index contributed by atoms with van der Waals surface area (Å²) in [5.74, 6) is 0.667. The van der Waals surface area contributed by atoms with Gasteiger partial charge in [0.1, 0.15) is 0 Å². The molecular formula is C18H24N2O5. The Kier molecular flexibility index (Phi) is 5.15. The molecule has 136 valence electrons. The molecule has 0 bridgehead atoms. The highest BCUT2D eigenvalue weighted by atomic mass is 16.7. The van der Waals surface area contributed by atoms with Crippen LogP contribution in [-0.4, -0.2) is 36.4 Å². The summed E-state index contributed by atoms with van der Waals surface area (Å²) >= 11 is 0. The second-order valence-corrected chi connectivity index (χ2v) is 6.38. The van der Waals surface area contributed by atoms with E-state index < -0.39 is 11.5 Å². The van der Waals surface area contributed by atoms with Crippen molar-refractivity contribution in [3.05, 3.63) is 29.8 Å². The first-order chi connectivity index (χ1) is 12.1. The minimum atomic E-state index is -1.35. The first kappa shape index (κ1) is 17.6. The average molecular weight is 348 g/mol. The predicted octanol–water partition coefficient (Wildman–Crippen LogP) is 1.50. The number of benzene rings is 1. The van der Waals surface area contributed by atoms with Crippen LogP contribution < -0.4 is 20.7 Å². The zero-order chi connectivity index (χ0) is 17.9. The molecule has 7 heteroatoms. The lowest BCUT2D eigenvalue weighted by atomic mass is 9.97. The van der Waals surface area contributed by atoms with Gasteiger partial charge in [0.15, 0.2) is 17.1 Å². The van der Waals surface area contributed by atoms with Gasteiger partial charge >= 0.3 is 0 Å². The van der Waals surface area contributed by atoms with Gasteiger partial charge in [0.2, 0.25) is 0 Å². The quantitative estimate of drug-likeness (QED) is 0.690. The number of ether oxygens (including phenoxy) is 2. The minimum absolute atomic E-state index is 0.0837. The van der Waals surface area contributed by atoms with Crippen LogP contribution in [0, 0.1) is 0 Å². The lowest BCUT2D eigenvalue weighted by Gasteiger charge is -2.19. The van der Waals surface area contributed by atoms with E-state index in [1.54, 1.807) is 13.2 Å². The molecule has 3 rings (SSSR count). The van der Waals surface area contributed by atoms with E-state index in [2.05, 4.69) is 5.48 Å². The van der Waals surface area contributed by atoms with E-state index in [1.165, 1.54) is 12.8 Å². The molecule has 0 radical (unpaired) electrons. The average Bonchev–Trinajstić information content (AvgIpc) is 3.26. The molecule has 2 aliphatic rings. The maximum Gasteiger partial charge on any atom is 0.256 e. The monoisotopic (exact) mass is 348 g/mol. The fourth-order valence-corrected chi connectivity index (χ4v) is 3.24. The van der Waals surface area contributed by atoms with E-state index in [0.717, 1.165) is 18.4 Å². The maximum absolute atomic E-state index is 11.7. The molecule has 1 fully saturated rings. The van der Waals surface area contributed by atoms with E-state index in [0.29, 0.717) is 17.2 Å². The van der Waals surface area contributed by atoms with Crippen LogP contribution in [0.3, 0.4) is 0 Å². The van der Waals surface area contributed by atoms with Crippen LogP contribution in [-0.2, 0) is 9.63 Å². The number of methoxy groups -OCH3 is 1. The third kappa shape index (κ3) is 3.57. The van der Waals surface area contributed by atoms with Gasteiger partial charge in [0.25, 0.3) is 5.91 Å². The lowest BCUT2D eigenvalue weighted by molar-refractivity contribution is -0.142. The molecule has 1 amide bonds. The number of nitrogens with two attached hydrogens (primary N) is 1. The molecule has 1 unspecified atom stereocenters. The number of aliphatic hydroxyl groups is 1. The number of hydroxylamine groups is 1. The summed E-state index contributed by atoms with van der Waals surface area (Å²) in [6, 6.07) is 5.52. The van der Waals surface area contributed by atoms with Gasteiger partial charge in [-0.15, -0.1) is 0 Å². The zero-order valence-corrected chi connectivity index (χ0v) is 14.3. The van der Waals surface area contributed by atoms with E-state index in [4.69, 9.17) is 20.0 Å². The Morgan fingerprint density at radius 1 is 1.40 bits per heavy atom. The van der Waals surface area contributed by atoms with Gasteiger partial charge in [0, 0.05) is 18.6 Å². The summed E-state index contributed by atoms with van der Waals surface area (Å²) in [6.07, 6.45) is 6.32. The van der Waals surface area contributed by atoms with Gasteiger partial charge in [-0.1, -0.05) is 0 Å². The van der Waals surface area contributed by atoms with E-state index in [1.807, 2.05) is 18.2 Å². The number of primary amides is 1. The number of nitrogens with one attached hydrogen (secondary N) is 1. The molecule has 1 heterocycles. The van der Waals surface area contributed by atoms with Crippen LogP contribution in [0.5, 0.6) is 11.5 Å². The third-order valence-electron chi connectivity index (χ3n) is 4.69. The number of hydrogen-bond donors (Lipinski definition) is 3. The minimum Gasteiger partial charge on any atom is -0.493 e. The van der Waals surface area contributed by atoms with Crippen molar-refractivity contribution < 1.29 is 24.2 Å². The highest BCUT2D eigenvalue weighted by Crippen LogP contribution is 2.36. The van der Waals surface area contributed by atoms with E-state index >= 15 is 0 Å². The third-order valence-corrected chi connectivity index (χ3v) is 4.69. The molecule has 1 saturated carbocycles. The number of rotatable bonds is 7. The Labute approximate surface area is 146 Å². The van der Waals surface area contributed by atoms with Crippen molar-refractivity contribution in [1.82, 2.24) is 5.48 Å². The Balaban J connectivity index is 1.88. The van der Waals surface area contributed by atoms with E-state index in [-0.39, 0.29) is 19.1 Å². The summed E-state index contributed by atoms with van der Waals surface area (Å²) in [6.45, 7) is -0.215. The number of amides is 1. The number of aliphatic hydroxyl groups excluding tert-OH is 1. The van der Waals surface area contributed by atoms with Crippen LogP contribution in [0.25, 0.3) is 5.70 Å². The largest absolute Gasteiger partial charge is 0.493 e. The predicted molar refractivity (Wildman–Crippen MR) is 91.7 cm³/mol. The van der Waals surface area contributed by atoms with Crippen molar-refractivity contribution in [2.75, 3.05) is 13.7 Å². The van der Waals surface area contributed by atoms with Crippen molar-refractivity contribution in [3.8, 4) is 11.5 Å². The number of carbonyl (C=O) groups excluding carboxylic acids is 1. The van der Waals surface area contributed by atoms with Gasteiger partial charge < -0.3 is 20.3 Å². The molecule has 1 aromatic rings. The summed E-state index contributed by atoms with van der Waals surface area (Å²) in [4.78, 5) is 17.1. The molecule has 1 aliphatic heterocycles. The summed E-state index contributed by atoms with van der Waals surface area (Å²) in [5, 5.41) is 9.19. The van der Waals surface area contributed by atoms with Crippen LogP contribution in [0.15, 0.2) is 24.3 Å². The molecule has 0 saturated heterocycles. The van der Waals surface area contributed by atoms with Gasteiger partial charge in [0.05, 0.1) is 18.9 Å². The second kappa shape index (κ2) is 7.33. The molecule has 0 aromatic heterocycles. The molecule has 25 heavy (non-hydrogen) atoms. The summed E-state index contributed by atoms with van der Waals surface area (Å²) in [7, 11) is 1.60. The Morgan fingerprint density at radius 3 is 2.80 bits per heavy atom. The molecular weight excluding hydrogens is 324 g/mol. The standard InChI is InChI=1S/C18H24N2O5/c1-23-15-7-6-12(10-16(15)24-13-4-2-3-5-13)14-11-18(8-9-21,17(19)22)25-20-14/h6-7,10-11,13,20-21H,2-5,8-9H2,1H3,(H2,19,22). The SMILES string of the molecule is COc1ccc(C2=CC(CCO)(C(N)=O)ON2)cc1OC1CCCC1. The van der Waals surface area contributed by atoms with Crippen molar-refractivity contribution in [2.24, 2.45) is 5.73 Å². The van der Waals surface area contributed by atoms with Crippen LogP contribution >= 0.6 is 0 Å².